The van der Waals surface area contributed by atoms with E-state index in [1.807, 2.05) is 51.5 Å². The summed E-state index contributed by atoms with van der Waals surface area (Å²) in [5, 5.41) is 18.1. The second kappa shape index (κ2) is 12.5. The number of allylic oxidation sites excluding steroid dienone is 5. The van der Waals surface area contributed by atoms with Crippen LogP contribution < -0.4 is 16.0 Å². The third-order valence-corrected chi connectivity index (χ3v) is 7.77. The first-order valence-electron chi connectivity index (χ1n) is 14.4. The summed E-state index contributed by atoms with van der Waals surface area (Å²) in [6.07, 6.45) is 13.5. The second-order valence-corrected chi connectivity index (χ2v) is 11.2. The largest absolute Gasteiger partial charge is 0.380 e. The van der Waals surface area contributed by atoms with E-state index in [-0.39, 0.29) is 6.04 Å². The van der Waals surface area contributed by atoms with Crippen LogP contribution in [0.2, 0.25) is 0 Å². The summed E-state index contributed by atoms with van der Waals surface area (Å²) in [6.45, 7) is 17.3. The Morgan fingerprint density at radius 2 is 1.95 bits per heavy atom. The number of hydrogen-bond donors (Lipinski definition) is 4. The van der Waals surface area contributed by atoms with E-state index < -0.39 is 0 Å². The molecule has 0 saturated carbocycles. The number of dihydropyridines is 1. The summed E-state index contributed by atoms with van der Waals surface area (Å²) in [5.41, 5.74) is 13.0. The van der Waals surface area contributed by atoms with Crippen LogP contribution in [0.3, 0.4) is 0 Å². The minimum absolute atomic E-state index is 0.0994. The number of nitrogens with one attached hydrogen (secondary N) is 4. The van der Waals surface area contributed by atoms with Gasteiger partial charge in [0.25, 0.3) is 0 Å². The zero-order valence-electron chi connectivity index (χ0n) is 25.1. The molecule has 1 aromatic carbocycles. The molecule has 1 aliphatic heterocycles. The van der Waals surface area contributed by atoms with Crippen molar-refractivity contribution < 1.29 is 0 Å². The van der Waals surface area contributed by atoms with Crippen molar-refractivity contribution in [3.05, 3.63) is 131 Å². The molecule has 2 aromatic heterocycles. The number of hydrogen-bond acceptors (Lipinski definition) is 6. The maximum absolute atomic E-state index is 5.00. The van der Waals surface area contributed by atoms with E-state index in [1.165, 1.54) is 41.5 Å². The average molecular weight is 560 g/mol. The molecule has 4 N–H and O–H groups in total. The minimum Gasteiger partial charge on any atom is -0.380 e. The second-order valence-electron chi connectivity index (χ2n) is 11.2. The zero-order chi connectivity index (χ0) is 29.8. The fraction of sp³-hybridized carbons (Fsp3) is 0.257. The monoisotopic (exact) mass is 559 g/mol. The van der Waals surface area contributed by atoms with Crippen molar-refractivity contribution in [2.75, 3.05) is 20.6 Å². The van der Waals surface area contributed by atoms with Gasteiger partial charge in [0.15, 0.2) is 0 Å². The fourth-order valence-corrected chi connectivity index (χ4v) is 5.63. The van der Waals surface area contributed by atoms with Crippen LogP contribution in [0.25, 0.3) is 22.3 Å². The van der Waals surface area contributed by atoms with Gasteiger partial charge >= 0.3 is 0 Å². The number of rotatable bonds is 11. The topological polar surface area (TPSA) is 80.9 Å². The van der Waals surface area contributed by atoms with Crippen molar-refractivity contribution in [3.8, 4) is 0 Å². The zero-order valence-corrected chi connectivity index (χ0v) is 25.1. The molecule has 42 heavy (non-hydrogen) atoms. The molecule has 3 aromatic rings. The Hall–Kier alpha value is -4.62. The molecule has 216 valence electrons. The van der Waals surface area contributed by atoms with Crippen molar-refractivity contribution in [1.29, 1.82) is 0 Å². The average Bonchev–Trinajstić information content (AvgIpc) is 3.62. The number of pyridine rings is 1. The number of fused-ring (bicyclic) bond motifs is 2. The molecule has 1 aliphatic carbocycles. The first-order valence-corrected chi connectivity index (χ1v) is 14.4. The smallest absolute Gasteiger partial charge is 0.134 e. The van der Waals surface area contributed by atoms with Crippen molar-refractivity contribution >= 4 is 22.3 Å². The van der Waals surface area contributed by atoms with Crippen LogP contribution in [0, 0.1) is 0 Å². The third-order valence-electron chi connectivity index (χ3n) is 7.77. The molecule has 1 unspecified atom stereocenters. The van der Waals surface area contributed by atoms with Gasteiger partial charge in [-0.15, -0.1) is 0 Å². The first kappa shape index (κ1) is 28.9. The molecular weight excluding hydrogens is 518 g/mol. The number of nitrogens with zero attached hydrogens (tertiary/aromatic N) is 3. The Morgan fingerprint density at radius 1 is 1.14 bits per heavy atom. The van der Waals surface area contributed by atoms with Gasteiger partial charge in [0.1, 0.15) is 11.2 Å². The standard InChI is InChI=1S/C35H41N7/c1-8-25(20-29(9-2)37-22(3)21-42(6)7)31-15-16-32-35(39-31)34(41-40-32)24(5)38-30-17-18-36-33(23(30)4)28-14-13-26-11-10-12-27(26)19-28/h8-9,13-20,33,36-38H,2-3,5,10-12,21H2,1,4,6-7H3,(H,40,41)/b25-8+,29-20+. The van der Waals surface area contributed by atoms with E-state index in [0.29, 0.717) is 11.4 Å². The maximum atomic E-state index is 5.00. The summed E-state index contributed by atoms with van der Waals surface area (Å²) in [7, 11) is 4.02. The van der Waals surface area contributed by atoms with Crippen molar-refractivity contribution in [2.24, 2.45) is 0 Å². The van der Waals surface area contributed by atoms with Gasteiger partial charge in [0.2, 0.25) is 0 Å². The molecule has 0 saturated heterocycles. The van der Waals surface area contributed by atoms with Gasteiger partial charge in [-0.25, -0.2) is 4.98 Å². The van der Waals surface area contributed by atoms with E-state index in [1.54, 1.807) is 6.08 Å². The van der Waals surface area contributed by atoms with E-state index in [0.717, 1.165) is 45.9 Å². The van der Waals surface area contributed by atoms with Crippen LogP contribution in [0.15, 0.2) is 103 Å². The fourth-order valence-electron chi connectivity index (χ4n) is 5.63. The Bertz CT molecular complexity index is 1660. The molecule has 0 bridgehead atoms. The quantitative estimate of drug-likeness (QED) is 0.207. The van der Waals surface area contributed by atoms with E-state index in [4.69, 9.17) is 4.98 Å². The predicted octanol–water partition coefficient (Wildman–Crippen LogP) is 6.28. The molecule has 0 radical (unpaired) electrons. The highest BCUT2D eigenvalue weighted by Gasteiger charge is 2.22. The molecule has 7 nitrogen and oxygen atoms in total. The summed E-state index contributed by atoms with van der Waals surface area (Å²) < 4.78 is 0. The highest BCUT2D eigenvalue weighted by atomic mass is 15.1. The first-order chi connectivity index (χ1) is 20.3. The van der Waals surface area contributed by atoms with Crippen LogP contribution >= 0.6 is 0 Å². The number of aryl methyl sites for hydroxylation is 2. The van der Waals surface area contributed by atoms with Crippen LogP contribution in [0.4, 0.5) is 0 Å². The lowest BCUT2D eigenvalue weighted by Crippen LogP contribution is -2.25. The van der Waals surface area contributed by atoms with Gasteiger partial charge in [0, 0.05) is 23.6 Å². The van der Waals surface area contributed by atoms with E-state index in [9.17, 15) is 0 Å². The van der Waals surface area contributed by atoms with Crippen LogP contribution in [-0.4, -0.2) is 40.7 Å². The minimum atomic E-state index is 0.0994. The predicted molar refractivity (Wildman–Crippen MR) is 175 cm³/mol. The molecule has 3 heterocycles. The highest BCUT2D eigenvalue weighted by Crippen LogP contribution is 2.32. The van der Waals surface area contributed by atoms with Gasteiger partial charge in [0.05, 0.1) is 22.9 Å². The van der Waals surface area contributed by atoms with Crippen LogP contribution in [0.5, 0.6) is 0 Å². The highest BCUT2D eigenvalue weighted by molar-refractivity contribution is 5.88. The van der Waals surface area contributed by atoms with Gasteiger partial charge < -0.3 is 20.9 Å². The van der Waals surface area contributed by atoms with E-state index in [2.05, 4.69) is 82.0 Å². The normalized spacial score (nSPS) is 16.9. The number of aromatic nitrogens is 3. The maximum Gasteiger partial charge on any atom is 0.134 e. The molecule has 7 heteroatoms. The number of aromatic amines is 1. The Morgan fingerprint density at radius 3 is 2.71 bits per heavy atom. The third kappa shape index (κ3) is 6.16. The molecule has 0 amide bonds. The number of benzene rings is 1. The summed E-state index contributed by atoms with van der Waals surface area (Å²) >= 11 is 0. The molecule has 0 spiro atoms. The van der Waals surface area contributed by atoms with Gasteiger partial charge in [-0.1, -0.05) is 44.0 Å². The Kier molecular flexibility index (Phi) is 8.59. The number of H-pyrrole nitrogens is 1. The van der Waals surface area contributed by atoms with Gasteiger partial charge in [-0.05, 0) is 112 Å². The molecular formula is C35H41N7. The van der Waals surface area contributed by atoms with Crippen molar-refractivity contribution in [2.45, 2.75) is 39.2 Å². The Labute approximate surface area is 249 Å². The molecule has 5 rings (SSSR count). The van der Waals surface area contributed by atoms with Crippen LogP contribution in [0.1, 0.15) is 54.4 Å². The lowest BCUT2D eigenvalue weighted by Gasteiger charge is -2.26. The summed E-state index contributed by atoms with van der Waals surface area (Å²) in [5.74, 6) is 0. The van der Waals surface area contributed by atoms with Crippen LogP contribution in [-0.2, 0) is 12.8 Å². The van der Waals surface area contributed by atoms with Gasteiger partial charge in [-0.2, -0.15) is 5.10 Å². The lowest BCUT2D eigenvalue weighted by atomic mass is 9.93. The van der Waals surface area contributed by atoms with Crippen molar-refractivity contribution in [3.63, 3.8) is 0 Å². The molecule has 0 fully saturated rings. The SMILES string of the molecule is C=C/C(=C\C(=C/C)c1ccc2[nH]nc(C(=C)NC3=C(C)C(c4ccc5c(c4)CCC5)NC=C3)c2n1)NC(=C)CN(C)C. The lowest BCUT2D eigenvalue weighted by molar-refractivity contribution is 0.438. The van der Waals surface area contributed by atoms with Gasteiger partial charge in [-0.3, -0.25) is 5.10 Å². The number of likely N-dealkylation sites (N-methyl/N-ethyl adjacent to an activating group) is 1. The van der Waals surface area contributed by atoms with E-state index >= 15 is 0 Å². The summed E-state index contributed by atoms with van der Waals surface area (Å²) in [6, 6.07) is 11.0. The molecule has 1 atom stereocenters. The Balaban J connectivity index is 1.38. The summed E-state index contributed by atoms with van der Waals surface area (Å²) in [4.78, 5) is 7.07. The van der Waals surface area contributed by atoms with Crippen molar-refractivity contribution in [1.82, 2.24) is 36.0 Å². The molecule has 2 aliphatic rings.